The second-order valence-electron chi connectivity index (χ2n) is 7.83. The SMILES string of the molecule is CC(C)CCC(C)(O)CNC1CCN(CC2CC2)CC1. The van der Waals surface area contributed by atoms with Crippen LogP contribution in [0.25, 0.3) is 0 Å². The summed E-state index contributed by atoms with van der Waals surface area (Å²) < 4.78 is 0. The maximum absolute atomic E-state index is 10.4. The Kier molecular flexibility index (Phi) is 5.88. The Hall–Kier alpha value is -0.120. The summed E-state index contributed by atoms with van der Waals surface area (Å²) in [6.45, 7) is 11.0. The van der Waals surface area contributed by atoms with Crippen molar-refractivity contribution in [3.8, 4) is 0 Å². The molecule has 1 aliphatic heterocycles. The molecule has 0 aromatic rings. The average molecular weight is 282 g/mol. The van der Waals surface area contributed by atoms with Gasteiger partial charge in [0.15, 0.2) is 0 Å². The van der Waals surface area contributed by atoms with Gasteiger partial charge in [-0.2, -0.15) is 0 Å². The van der Waals surface area contributed by atoms with Crippen molar-refractivity contribution in [1.82, 2.24) is 10.2 Å². The number of piperidine rings is 1. The fraction of sp³-hybridized carbons (Fsp3) is 1.00. The monoisotopic (exact) mass is 282 g/mol. The third-order valence-electron chi connectivity index (χ3n) is 4.83. The first kappa shape index (κ1) is 16.3. The van der Waals surface area contributed by atoms with Gasteiger partial charge in [0.2, 0.25) is 0 Å². The number of likely N-dealkylation sites (tertiary alicyclic amines) is 1. The normalized spacial score (nSPS) is 25.1. The molecule has 0 amide bonds. The molecule has 1 saturated carbocycles. The Balaban J connectivity index is 1.59. The van der Waals surface area contributed by atoms with Crippen LogP contribution in [0.3, 0.4) is 0 Å². The zero-order chi connectivity index (χ0) is 14.6. The molecule has 0 radical (unpaired) electrons. The highest BCUT2D eigenvalue weighted by atomic mass is 16.3. The van der Waals surface area contributed by atoms with Gasteiger partial charge in [-0.1, -0.05) is 13.8 Å². The van der Waals surface area contributed by atoms with Crippen molar-refractivity contribution in [1.29, 1.82) is 0 Å². The Bertz CT molecular complexity index is 279. The number of aliphatic hydroxyl groups is 1. The fourth-order valence-corrected chi connectivity index (χ4v) is 3.04. The maximum Gasteiger partial charge on any atom is 0.0743 e. The summed E-state index contributed by atoms with van der Waals surface area (Å²) in [6.07, 6.45) is 7.40. The van der Waals surface area contributed by atoms with Crippen molar-refractivity contribution in [3.63, 3.8) is 0 Å². The number of nitrogens with zero attached hydrogens (tertiary/aromatic N) is 1. The Morgan fingerprint density at radius 2 is 1.85 bits per heavy atom. The molecule has 1 atom stereocenters. The van der Waals surface area contributed by atoms with Gasteiger partial charge in [-0.25, -0.2) is 0 Å². The van der Waals surface area contributed by atoms with E-state index in [-0.39, 0.29) is 0 Å². The molecule has 0 aromatic carbocycles. The van der Waals surface area contributed by atoms with E-state index in [0.717, 1.165) is 25.3 Å². The van der Waals surface area contributed by atoms with Gasteiger partial charge in [-0.15, -0.1) is 0 Å². The molecule has 2 fully saturated rings. The van der Waals surface area contributed by atoms with Crippen LogP contribution in [0.1, 0.15) is 59.3 Å². The first-order valence-corrected chi connectivity index (χ1v) is 8.63. The van der Waals surface area contributed by atoms with Gasteiger partial charge in [0, 0.05) is 19.1 Å². The molecular formula is C17H34N2O. The van der Waals surface area contributed by atoms with Crippen molar-refractivity contribution in [2.75, 3.05) is 26.2 Å². The molecule has 0 spiro atoms. The van der Waals surface area contributed by atoms with Crippen molar-refractivity contribution < 1.29 is 5.11 Å². The van der Waals surface area contributed by atoms with E-state index in [1.165, 1.54) is 45.3 Å². The van der Waals surface area contributed by atoms with Crippen LogP contribution in [0.15, 0.2) is 0 Å². The van der Waals surface area contributed by atoms with Gasteiger partial charge in [-0.3, -0.25) is 0 Å². The summed E-state index contributed by atoms with van der Waals surface area (Å²) in [6, 6.07) is 0.607. The van der Waals surface area contributed by atoms with Crippen LogP contribution in [0.5, 0.6) is 0 Å². The van der Waals surface area contributed by atoms with E-state index < -0.39 is 5.60 Å². The van der Waals surface area contributed by atoms with Gasteiger partial charge < -0.3 is 15.3 Å². The molecule has 1 unspecified atom stereocenters. The molecule has 0 bridgehead atoms. The molecule has 1 heterocycles. The van der Waals surface area contributed by atoms with Gasteiger partial charge in [0.1, 0.15) is 0 Å². The van der Waals surface area contributed by atoms with Crippen LogP contribution in [0, 0.1) is 11.8 Å². The molecule has 20 heavy (non-hydrogen) atoms. The van der Waals surface area contributed by atoms with Crippen molar-refractivity contribution >= 4 is 0 Å². The van der Waals surface area contributed by atoms with E-state index in [2.05, 4.69) is 24.1 Å². The topological polar surface area (TPSA) is 35.5 Å². The Labute approximate surface area is 125 Å². The van der Waals surface area contributed by atoms with E-state index in [9.17, 15) is 5.11 Å². The summed E-state index contributed by atoms with van der Waals surface area (Å²) >= 11 is 0. The van der Waals surface area contributed by atoms with Crippen molar-refractivity contribution in [3.05, 3.63) is 0 Å². The highest BCUT2D eigenvalue weighted by molar-refractivity contribution is 4.84. The minimum absolute atomic E-state index is 0.546. The van der Waals surface area contributed by atoms with Crippen LogP contribution in [-0.4, -0.2) is 47.8 Å². The van der Waals surface area contributed by atoms with Gasteiger partial charge in [0.25, 0.3) is 0 Å². The lowest BCUT2D eigenvalue weighted by atomic mass is 9.94. The van der Waals surface area contributed by atoms with Crippen LogP contribution >= 0.6 is 0 Å². The third kappa shape index (κ3) is 6.11. The molecule has 2 aliphatic rings. The van der Waals surface area contributed by atoms with Gasteiger partial charge in [0.05, 0.1) is 5.60 Å². The quantitative estimate of drug-likeness (QED) is 0.718. The van der Waals surface area contributed by atoms with Crippen molar-refractivity contribution in [2.24, 2.45) is 11.8 Å². The average Bonchev–Trinajstić information content (AvgIpc) is 3.20. The maximum atomic E-state index is 10.4. The Morgan fingerprint density at radius 1 is 1.20 bits per heavy atom. The second-order valence-corrected chi connectivity index (χ2v) is 7.83. The molecule has 3 nitrogen and oxygen atoms in total. The molecule has 118 valence electrons. The molecule has 0 aromatic heterocycles. The van der Waals surface area contributed by atoms with Crippen LogP contribution in [0.2, 0.25) is 0 Å². The minimum atomic E-state index is -0.546. The predicted octanol–water partition coefficient (Wildman–Crippen LogP) is 2.64. The largest absolute Gasteiger partial charge is 0.389 e. The molecule has 3 heteroatoms. The van der Waals surface area contributed by atoms with Crippen LogP contribution < -0.4 is 5.32 Å². The van der Waals surface area contributed by atoms with E-state index >= 15 is 0 Å². The number of hydrogen-bond acceptors (Lipinski definition) is 3. The summed E-state index contributed by atoms with van der Waals surface area (Å²) in [5, 5.41) is 14.0. The lowest BCUT2D eigenvalue weighted by molar-refractivity contribution is 0.0394. The summed E-state index contributed by atoms with van der Waals surface area (Å²) in [7, 11) is 0. The lowest BCUT2D eigenvalue weighted by Gasteiger charge is -2.34. The smallest absolute Gasteiger partial charge is 0.0743 e. The summed E-state index contributed by atoms with van der Waals surface area (Å²) in [5.74, 6) is 1.68. The Morgan fingerprint density at radius 3 is 2.40 bits per heavy atom. The van der Waals surface area contributed by atoms with E-state index in [1.54, 1.807) is 0 Å². The van der Waals surface area contributed by atoms with E-state index in [4.69, 9.17) is 0 Å². The number of nitrogens with one attached hydrogen (secondary N) is 1. The molecular weight excluding hydrogens is 248 g/mol. The summed E-state index contributed by atoms with van der Waals surface area (Å²) in [4.78, 5) is 2.63. The van der Waals surface area contributed by atoms with Crippen LogP contribution in [-0.2, 0) is 0 Å². The standard InChI is InChI=1S/C17H34N2O/c1-14(2)6-9-17(3,20)13-18-16-7-10-19(11-8-16)12-15-4-5-15/h14-16,18,20H,4-13H2,1-3H3. The van der Waals surface area contributed by atoms with E-state index in [1.807, 2.05) is 6.92 Å². The first-order valence-electron chi connectivity index (χ1n) is 8.63. The van der Waals surface area contributed by atoms with Crippen LogP contribution in [0.4, 0.5) is 0 Å². The predicted molar refractivity (Wildman–Crippen MR) is 84.9 cm³/mol. The zero-order valence-corrected chi connectivity index (χ0v) is 13.7. The highest BCUT2D eigenvalue weighted by Gasteiger charge is 2.28. The minimum Gasteiger partial charge on any atom is -0.389 e. The molecule has 1 aliphatic carbocycles. The number of rotatable bonds is 8. The lowest BCUT2D eigenvalue weighted by Crippen LogP contribution is -2.47. The molecule has 2 rings (SSSR count). The second kappa shape index (κ2) is 7.24. The fourth-order valence-electron chi connectivity index (χ4n) is 3.04. The van der Waals surface area contributed by atoms with Gasteiger partial charge in [-0.05, 0) is 70.4 Å². The zero-order valence-electron chi connectivity index (χ0n) is 13.7. The highest BCUT2D eigenvalue weighted by Crippen LogP contribution is 2.30. The summed E-state index contributed by atoms with van der Waals surface area (Å²) in [5.41, 5.74) is -0.546. The van der Waals surface area contributed by atoms with E-state index in [0.29, 0.717) is 12.0 Å². The third-order valence-corrected chi connectivity index (χ3v) is 4.83. The molecule has 2 N–H and O–H groups in total. The first-order chi connectivity index (χ1) is 9.44. The van der Waals surface area contributed by atoms with Gasteiger partial charge >= 0.3 is 0 Å². The van der Waals surface area contributed by atoms with Crippen molar-refractivity contribution in [2.45, 2.75) is 70.9 Å². The number of hydrogen-bond donors (Lipinski definition) is 2. The molecule has 1 saturated heterocycles.